The van der Waals surface area contributed by atoms with Crippen LogP contribution in [0.5, 0.6) is 0 Å². The van der Waals surface area contributed by atoms with Crippen molar-refractivity contribution in [2.75, 3.05) is 5.32 Å². The summed E-state index contributed by atoms with van der Waals surface area (Å²) in [7, 11) is 0. The fourth-order valence-electron chi connectivity index (χ4n) is 1.65. The number of Topliss-reactive ketones (excluding diaryl/α,β-unsaturated/α-hetero) is 1. The molecule has 0 aliphatic heterocycles. The van der Waals surface area contributed by atoms with Crippen LogP contribution < -0.4 is 5.32 Å². The van der Waals surface area contributed by atoms with Crippen molar-refractivity contribution in [1.29, 1.82) is 0 Å². The molecule has 0 spiro atoms. The Kier molecular flexibility index (Phi) is 4.27. The maximum atomic E-state index is 13.7. The minimum atomic E-state index is -0.845. The molecule has 0 fully saturated rings. The molecule has 1 heterocycles. The molecule has 0 saturated carbocycles. The van der Waals surface area contributed by atoms with Gasteiger partial charge in [-0.15, -0.1) is 11.3 Å². The first-order chi connectivity index (χ1) is 10.3. The Labute approximate surface area is 127 Å². The van der Waals surface area contributed by atoms with E-state index in [4.69, 9.17) is 0 Å². The number of nitro benzene ring substituents is 1. The summed E-state index contributed by atoms with van der Waals surface area (Å²) in [6.07, 6.45) is 0. The quantitative estimate of drug-likeness (QED) is 0.529. The number of anilines is 1. The van der Waals surface area contributed by atoms with E-state index in [2.05, 4.69) is 10.3 Å². The molecule has 1 aromatic heterocycles. The number of carbonyl (C=O) groups excluding carboxylic acids is 2. The number of benzene rings is 1. The summed E-state index contributed by atoms with van der Waals surface area (Å²) in [6, 6.07) is 1.91. The van der Waals surface area contributed by atoms with Crippen LogP contribution in [0.3, 0.4) is 0 Å². The van der Waals surface area contributed by atoms with Gasteiger partial charge in [-0.25, -0.2) is 9.37 Å². The van der Waals surface area contributed by atoms with E-state index in [0.29, 0.717) is 0 Å². The van der Waals surface area contributed by atoms with Crippen LogP contribution in [0.2, 0.25) is 0 Å². The number of halogens is 1. The third-order valence-electron chi connectivity index (χ3n) is 2.86. The molecule has 0 unspecified atom stereocenters. The predicted octanol–water partition coefficient (Wildman–Crippen LogP) is 2.95. The first-order valence-electron chi connectivity index (χ1n) is 6.02. The van der Waals surface area contributed by atoms with E-state index in [9.17, 15) is 24.1 Å². The Morgan fingerprint density at radius 3 is 2.64 bits per heavy atom. The first kappa shape index (κ1) is 15.7. The number of amides is 1. The van der Waals surface area contributed by atoms with E-state index in [-0.39, 0.29) is 27.7 Å². The van der Waals surface area contributed by atoms with Crippen LogP contribution in [-0.4, -0.2) is 21.6 Å². The van der Waals surface area contributed by atoms with E-state index in [1.165, 1.54) is 19.2 Å². The maximum Gasteiger partial charge on any atom is 0.276 e. The highest BCUT2D eigenvalue weighted by Gasteiger charge is 2.20. The van der Waals surface area contributed by atoms with Crippen molar-refractivity contribution >= 4 is 33.8 Å². The highest BCUT2D eigenvalue weighted by atomic mass is 32.1. The molecule has 1 amide bonds. The standard InChI is InChI=1S/C13H10FN3O4S/c1-6-9(14)3-8(4-11(6)17(20)21)12(19)16-13-15-10(5-22-13)7(2)18/h3-5H,1-2H3,(H,15,16,19). The Morgan fingerprint density at radius 1 is 1.41 bits per heavy atom. The highest BCUT2D eigenvalue weighted by molar-refractivity contribution is 7.14. The monoisotopic (exact) mass is 323 g/mol. The van der Waals surface area contributed by atoms with Crippen molar-refractivity contribution in [3.8, 4) is 0 Å². The summed E-state index contributed by atoms with van der Waals surface area (Å²) in [4.78, 5) is 37.1. The van der Waals surface area contributed by atoms with Gasteiger partial charge >= 0.3 is 0 Å². The SMILES string of the molecule is CC(=O)c1csc(NC(=O)c2cc(F)c(C)c([N+](=O)[O-])c2)n1. The number of hydrogen-bond donors (Lipinski definition) is 1. The van der Waals surface area contributed by atoms with Crippen LogP contribution in [0.25, 0.3) is 0 Å². The number of nitro groups is 1. The zero-order valence-electron chi connectivity index (χ0n) is 11.5. The lowest BCUT2D eigenvalue weighted by Gasteiger charge is -2.04. The number of nitrogens with zero attached hydrogens (tertiary/aromatic N) is 2. The van der Waals surface area contributed by atoms with Gasteiger partial charge < -0.3 is 0 Å². The molecule has 1 N–H and O–H groups in total. The predicted molar refractivity (Wildman–Crippen MR) is 77.9 cm³/mol. The van der Waals surface area contributed by atoms with Crippen molar-refractivity contribution in [2.24, 2.45) is 0 Å². The molecule has 9 heteroatoms. The zero-order valence-corrected chi connectivity index (χ0v) is 12.4. The smallest absolute Gasteiger partial charge is 0.276 e. The van der Waals surface area contributed by atoms with Crippen LogP contribution in [0.1, 0.15) is 33.3 Å². The largest absolute Gasteiger partial charge is 0.298 e. The lowest BCUT2D eigenvalue weighted by molar-refractivity contribution is -0.385. The zero-order chi connectivity index (χ0) is 16.4. The van der Waals surface area contributed by atoms with Gasteiger partial charge in [0.15, 0.2) is 10.9 Å². The molecule has 0 radical (unpaired) electrons. The molecular weight excluding hydrogens is 313 g/mol. The van der Waals surface area contributed by atoms with E-state index in [1.807, 2.05) is 0 Å². The van der Waals surface area contributed by atoms with Gasteiger partial charge in [0.05, 0.1) is 10.5 Å². The fourth-order valence-corrected chi connectivity index (χ4v) is 2.39. The normalized spacial score (nSPS) is 10.3. The minimum absolute atomic E-state index is 0.144. The lowest BCUT2D eigenvalue weighted by Crippen LogP contribution is -2.13. The third kappa shape index (κ3) is 3.14. The topological polar surface area (TPSA) is 102 Å². The Morgan fingerprint density at radius 2 is 2.09 bits per heavy atom. The molecule has 114 valence electrons. The molecule has 22 heavy (non-hydrogen) atoms. The van der Waals surface area contributed by atoms with Gasteiger partial charge in [-0.2, -0.15) is 0 Å². The van der Waals surface area contributed by atoms with Gasteiger partial charge in [0.25, 0.3) is 11.6 Å². The number of rotatable bonds is 4. The van der Waals surface area contributed by atoms with Gasteiger partial charge in [-0.1, -0.05) is 0 Å². The van der Waals surface area contributed by atoms with Gasteiger partial charge in [-0.05, 0) is 13.0 Å². The summed E-state index contributed by atoms with van der Waals surface area (Å²) < 4.78 is 13.7. The maximum absolute atomic E-state index is 13.7. The van der Waals surface area contributed by atoms with Gasteiger partial charge in [0.2, 0.25) is 0 Å². The molecule has 0 aliphatic carbocycles. The molecule has 2 rings (SSSR count). The molecule has 7 nitrogen and oxygen atoms in total. The van der Waals surface area contributed by atoms with Crippen LogP contribution in [0.4, 0.5) is 15.2 Å². The summed E-state index contributed by atoms with van der Waals surface area (Å²) in [5.41, 5.74) is -0.626. The van der Waals surface area contributed by atoms with Crippen molar-refractivity contribution in [3.05, 3.63) is 50.3 Å². The Bertz CT molecular complexity index is 788. The highest BCUT2D eigenvalue weighted by Crippen LogP contribution is 2.24. The fraction of sp³-hybridized carbons (Fsp3) is 0.154. The summed E-state index contributed by atoms with van der Waals surface area (Å²) in [5.74, 6) is -1.84. The Hall–Kier alpha value is -2.68. The number of aromatic nitrogens is 1. The summed E-state index contributed by atoms with van der Waals surface area (Å²) in [6.45, 7) is 2.59. The second-order valence-corrected chi connectivity index (χ2v) is 5.27. The number of ketones is 1. The van der Waals surface area contributed by atoms with Crippen LogP contribution in [0, 0.1) is 22.9 Å². The third-order valence-corrected chi connectivity index (χ3v) is 3.62. The van der Waals surface area contributed by atoms with Crippen LogP contribution in [-0.2, 0) is 0 Å². The van der Waals surface area contributed by atoms with Crippen LogP contribution in [0.15, 0.2) is 17.5 Å². The number of thiazole rings is 1. The molecule has 1 aromatic carbocycles. The second kappa shape index (κ2) is 5.98. The molecule has 0 aliphatic rings. The number of nitrogens with one attached hydrogen (secondary N) is 1. The lowest BCUT2D eigenvalue weighted by atomic mass is 10.1. The molecule has 2 aromatic rings. The van der Waals surface area contributed by atoms with Crippen LogP contribution >= 0.6 is 11.3 Å². The van der Waals surface area contributed by atoms with Gasteiger partial charge in [-0.3, -0.25) is 25.0 Å². The van der Waals surface area contributed by atoms with Gasteiger partial charge in [0, 0.05) is 23.9 Å². The van der Waals surface area contributed by atoms with Crippen molar-refractivity contribution in [2.45, 2.75) is 13.8 Å². The summed E-state index contributed by atoms with van der Waals surface area (Å²) >= 11 is 1.03. The van der Waals surface area contributed by atoms with E-state index < -0.39 is 22.3 Å². The molecule has 0 atom stereocenters. The minimum Gasteiger partial charge on any atom is -0.298 e. The number of hydrogen-bond acceptors (Lipinski definition) is 6. The first-order valence-corrected chi connectivity index (χ1v) is 6.90. The average molecular weight is 323 g/mol. The van der Waals surface area contributed by atoms with Gasteiger partial charge in [0.1, 0.15) is 11.5 Å². The second-order valence-electron chi connectivity index (χ2n) is 4.41. The van der Waals surface area contributed by atoms with E-state index >= 15 is 0 Å². The summed E-state index contributed by atoms with van der Waals surface area (Å²) in [5, 5.41) is 14.8. The Balaban J connectivity index is 2.29. The van der Waals surface area contributed by atoms with Crippen molar-refractivity contribution in [1.82, 2.24) is 4.98 Å². The van der Waals surface area contributed by atoms with E-state index in [0.717, 1.165) is 23.5 Å². The average Bonchev–Trinajstić information content (AvgIpc) is 2.89. The molecule has 0 bridgehead atoms. The van der Waals surface area contributed by atoms with Crippen molar-refractivity contribution in [3.63, 3.8) is 0 Å². The van der Waals surface area contributed by atoms with Crippen molar-refractivity contribution < 1.29 is 18.9 Å². The number of carbonyl (C=O) groups is 2. The van der Waals surface area contributed by atoms with E-state index in [1.54, 1.807) is 0 Å². The molecule has 0 saturated heterocycles. The molecular formula is C13H10FN3O4S.